The van der Waals surface area contributed by atoms with E-state index in [0.29, 0.717) is 19.1 Å². The summed E-state index contributed by atoms with van der Waals surface area (Å²) in [4.78, 5) is 28.2. The van der Waals surface area contributed by atoms with Gasteiger partial charge in [0.25, 0.3) is 0 Å². The molecule has 224 valence electrons. The molecule has 0 aromatic heterocycles. The summed E-state index contributed by atoms with van der Waals surface area (Å²) in [5, 5.41) is 0. The Morgan fingerprint density at radius 2 is 0.784 bits per heavy atom. The highest BCUT2D eigenvalue weighted by Crippen LogP contribution is 2.05. The van der Waals surface area contributed by atoms with E-state index in [2.05, 4.69) is 28.4 Å². The predicted octanol–water partition coefficient (Wildman–Crippen LogP) is -2.70. The first-order chi connectivity index (χ1) is 17.9. The lowest BCUT2D eigenvalue weighted by Crippen LogP contribution is -2.38. The number of ether oxygens (including phenoxy) is 5. The first kappa shape index (κ1) is 36.3. The van der Waals surface area contributed by atoms with E-state index in [1.807, 2.05) is 0 Å². The van der Waals surface area contributed by atoms with E-state index in [9.17, 15) is 0 Å². The molecule has 17 heteroatoms. The maximum atomic E-state index is 5.79. The van der Waals surface area contributed by atoms with E-state index in [1.165, 1.54) is 0 Å². The third kappa shape index (κ3) is 20.9. The molecular formula is C20H48N6O11. The average molecular weight is 549 g/mol. The Kier molecular flexibility index (Phi) is 25.1. The van der Waals surface area contributed by atoms with Crippen LogP contribution in [0.5, 0.6) is 0 Å². The van der Waals surface area contributed by atoms with Crippen LogP contribution in [0.2, 0.25) is 0 Å². The van der Waals surface area contributed by atoms with E-state index >= 15 is 0 Å². The summed E-state index contributed by atoms with van der Waals surface area (Å²) in [5.41, 5.74) is 0. The van der Waals surface area contributed by atoms with E-state index in [4.69, 9.17) is 73.6 Å². The van der Waals surface area contributed by atoms with Crippen molar-refractivity contribution in [3.8, 4) is 0 Å². The standard InChI is InChI=1S/C20H48N6O11/c1-15(2)3-4-27-5-17(11-32-21)31-9-19(36-25)7-28-6-16(30-10-20(37-26)14-35-24)8-29-18(12-33-22)13-34-23/h15-20H,3-14,21-26H2,1-2H3. The zero-order valence-corrected chi connectivity index (χ0v) is 21.9. The number of hydrogen-bond acceptors (Lipinski definition) is 17. The molecule has 0 radical (unpaired) electrons. The lowest BCUT2D eigenvalue weighted by molar-refractivity contribution is -0.143. The van der Waals surface area contributed by atoms with Gasteiger partial charge in [-0.15, -0.1) is 0 Å². The van der Waals surface area contributed by atoms with Crippen molar-refractivity contribution in [2.75, 3.05) is 72.7 Å². The molecule has 0 bridgehead atoms. The van der Waals surface area contributed by atoms with Crippen molar-refractivity contribution in [3.63, 3.8) is 0 Å². The molecule has 0 heterocycles. The van der Waals surface area contributed by atoms with Crippen LogP contribution in [0.1, 0.15) is 20.3 Å². The third-order valence-corrected chi connectivity index (χ3v) is 4.82. The molecule has 0 spiro atoms. The first-order valence-electron chi connectivity index (χ1n) is 11.9. The van der Waals surface area contributed by atoms with E-state index in [1.54, 1.807) is 0 Å². The Balaban J connectivity index is 4.71. The van der Waals surface area contributed by atoms with Crippen LogP contribution in [0.25, 0.3) is 0 Å². The number of hydrogen-bond donors (Lipinski definition) is 6. The molecule has 0 rings (SSSR count). The maximum absolute atomic E-state index is 5.79. The molecule has 0 fully saturated rings. The Bertz CT molecular complexity index is 484. The van der Waals surface area contributed by atoms with Crippen LogP contribution >= 0.6 is 0 Å². The SMILES string of the molecule is CC(C)CCOCC(CON)OCC(COCC(COC(CON)CON)OCC(CON)ON)ON. The summed E-state index contributed by atoms with van der Waals surface area (Å²) in [6, 6.07) is 0. The summed E-state index contributed by atoms with van der Waals surface area (Å²) in [7, 11) is 0. The zero-order chi connectivity index (χ0) is 27.7. The third-order valence-electron chi connectivity index (χ3n) is 4.82. The monoisotopic (exact) mass is 548 g/mol. The second kappa shape index (κ2) is 25.6. The summed E-state index contributed by atoms with van der Waals surface area (Å²) < 4.78 is 28.6. The largest absolute Gasteiger partial charge is 0.379 e. The number of rotatable bonds is 28. The summed E-state index contributed by atoms with van der Waals surface area (Å²) in [5.74, 6) is 31.7. The summed E-state index contributed by atoms with van der Waals surface area (Å²) >= 11 is 0. The molecule has 0 saturated carbocycles. The minimum Gasteiger partial charge on any atom is -0.379 e. The molecule has 0 aliphatic rings. The van der Waals surface area contributed by atoms with Crippen molar-refractivity contribution in [1.82, 2.24) is 0 Å². The normalized spacial score (nSPS) is 15.4. The van der Waals surface area contributed by atoms with Crippen LogP contribution < -0.4 is 35.4 Å². The van der Waals surface area contributed by atoms with Crippen molar-refractivity contribution in [1.29, 1.82) is 0 Å². The highest BCUT2D eigenvalue weighted by atomic mass is 16.7. The molecule has 12 N–H and O–H groups in total. The van der Waals surface area contributed by atoms with Gasteiger partial charge in [-0.25, -0.2) is 35.4 Å². The fourth-order valence-electron chi connectivity index (χ4n) is 2.71. The van der Waals surface area contributed by atoms with Gasteiger partial charge < -0.3 is 43.0 Å². The fourth-order valence-corrected chi connectivity index (χ4v) is 2.71. The summed E-state index contributed by atoms with van der Waals surface area (Å²) in [6.45, 7) is 5.83. The van der Waals surface area contributed by atoms with Gasteiger partial charge >= 0.3 is 0 Å². The molecule has 0 aromatic rings. The van der Waals surface area contributed by atoms with E-state index in [-0.39, 0.29) is 59.5 Å². The van der Waals surface area contributed by atoms with Gasteiger partial charge in [-0.2, -0.15) is 0 Å². The molecule has 0 saturated heterocycles. The van der Waals surface area contributed by atoms with Gasteiger partial charge in [-0.3, -0.25) is 9.68 Å². The molecule has 0 aliphatic heterocycles. The molecule has 37 heavy (non-hydrogen) atoms. The predicted molar refractivity (Wildman–Crippen MR) is 129 cm³/mol. The van der Waals surface area contributed by atoms with Crippen molar-refractivity contribution in [2.24, 2.45) is 41.3 Å². The highest BCUT2D eigenvalue weighted by molar-refractivity contribution is 4.65. The van der Waals surface area contributed by atoms with Crippen LogP contribution in [0.4, 0.5) is 0 Å². The smallest absolute Gasteiger partial charge is 0.127 e. The zero-order valence-electron chi connectivity index (χ0n) is 21.9. The summed E-state index contributed by atoms with van der Waals surface area (Å²) in [6.07, 6.45) is -1.77. The fraction of sp³-hybridized carbons (Fsp3) is 1.00. The molecule has 0 amide bonds. The van der Waals surface area contributed by atoms with Gasteiger partial charge in [0.1, 0.15) is 30.5 Å². The topological polar surface area (TPSA) is 258 Å². The molecule has 0 aromatic carbocycles. The Labute approximate surface area is 218 Å². The second-order valence-electron chi connectivity index (χ2n) is 8.51. The lowest BCUT2D eigenvalue weighted by atomic mass is 10.1. The van der Waals surface area contributed by atoms with Crippen LogP contribution in [0, 0.1) is 5.92 Å². The molecule has 17 nitrogen and oxygen atoms in total. The minimum atomic E-state index is -0.610. The van der Waals surface area contributed by atoms with Gasteiger partial charge in [0.05, 0.1) is 66.1 Å². The van der Waals surface area contributed by atoms with Gasteiger partial charge in [0.2, 0.25) is 0 Å². The lowest BCUT2D eigenvalue weighted by Gasteiger charge is -2.24. The van der Waals surface area contributed by atoms with Crippen LogP contribution in [0.15, 0.2) is 0 Å². The van der Waals surface area contributed by atoms with Gasteiger partial charge in [-0.05, 0) is 12.3 Å². The second-order valence-corrected chi connectivity index (χ2v) is 8.51. The van der Waals surface area contributed by atoms with Crippen molar-refractivity contribution < 1.29 is 52.7 Å². The minimum absolute atomic E-state index is 0.0187. The average Bonchev–Trinajstić information content (AvgIpc) is 2.88. The van der Waals surface area contributed by atoms with Crippen LogP contribution in [-0.4, -0.2) is 103 Å². The quantitative estimate of drug-likeness (QED) is 0.0429. The van der Waals surface area contributed by atoms with E-state index in [0.717, 1.165) is 6.42 Å². The van der Waals surface area contributed by atoms with Gasteiger partial charge in [0.15, 0.2) is 0 Å². The van der Waals surface area contributed by atoms with Crippen molar-refractivity contribution in [3.05, 3.63) is 0 Å². The maximum Gasteiger partial charge on any atom is 0.127 e. The molecule has 4 unspecified atom stereocenters. The first-order valence-corrected chi connectivity index (χ1v) is 11.9. The van der Waals surface area contributed by atoms with Crippen LogP contribution in [0.3, 0.4) is 0 Å². The van der Waals surface area contributed by atoms with Gasteiger partial charge in [-0.1, -0.05) is 13.8 Å². The Morgan fingerprint density at radius 1 is 0.432 bits per heavy atom. The molecular weight excluding hydrogens is 500 g/mol. The van der Waals surface area contributed by atoms with E-state index < -0.39 is 30.5 Å². The van der Waals surface area contributed by atoms with Crippen molar-refractivity contribution >= 4 is 0 Å². The van der Waals surface area contributed by atoms with Crippen LogP contribution in [-0.2, 0) is 52.7 Å². The van der Waals surface area contributed by atoms with Crippen molar-refractivity contribution in [2.45, 2.75) is 50.8 Å². The van der Waals surface area contributed by atoms with Gasteiger partial charge in [0, 0.05) is 6.61 Å². The molecule has 4 atom stereocenters. The molecule has 0 aliphatic carbocycles. The Morgan fingerprint density at radius 3 is 1.24 bits per heavy atom. The number of nitrogens with two attached hydrogens (primary N) is 6. The Hall–Kier alpha value is -0.680. The highest BCUT2D eigenvalue weighted by Gasteiger charge is 2.20.